The van der Waals surface area contributed by atoms with E-state index < -0.39 is 13.9 Å². The molecule has 1 amide bonds. The van der Waals surface area contributed by atoms with Crippen LogP contribution in [-0.2, 0) is 27.9 Å². The molecule has 0 heterocycles. The van der Waals surface area contributed by atoms with E-state index in [2.05, 4.69) is 19.2 Å². The predicted molar refractivity (Wildman–Crippen MR) is 227 cm³/mol. The van der Waals surface area contributed by atoms with E-state index in [-0.39, 0.29) is 31.7 Å². The smallest absolute Gasteiger partial charge is 0.463 e. The Kier molecular flexibility index (Phi) is 36.9. The first-order chi connectivity index (χ1) is 26.0. The second-order valence-electron chi connectivity index (χ2n) is 17.0. The number of phosphoric acid groups is 1. The lowest BCUT2D eigenvalue weighted by atomic mass is 10.0. The molecule has 0 aromatic rings. The van der Waals surface area contributed by atoms with Crippen molar-refractivity contribution in [2.75, 3.05) is 47.5 Å². The van der Waals surface area contributed by atoms with Gasteiger partial charge in [-0.3, -0.25) is 18.6 Å². The van der Waals surface area contributed by atoms with Crippen molar-refractivity contribution in [2.24, 2.45) is 0 Å². The number of hydrogen-bond acceptors (Lipinski definition) is 6. The Morgan fingerprint density at radius 1 is 0.537 bits per heavy atom. The van der Waals surface area contributed by atoms with Crippen LogP contribution in [0.15, 0.2) is 0 Å². The summed E-state index contributed by atoms with van der Waals surface area (Å²) in [4.78, 5) is 35.5. The number of nitrogens with one attached hydrogen (secondary N) is 1. The Bertz CT molecular complexity index is 899. The van der Waals surface area contributed by atoms with Crippen LogP contribution in [0.2, 0.25) is 0 Å². The van der Waals surface area contributed by atoms with Crippen LogP contribution in [0.25, 0.3) is 0 Å². The third-order valence-corrected chi connectivity index (χ3v) is 11.2. The predicted octanol–water partition coefficient (Wildman–Crippen LogP) is 12.4. The summed E-state index contributed by atoms with van der Waals surface area (Å²) < 4.78 is 29.0. The van der Waals surface area contributed by atoms with Gasteiger partial charge in [-0.15, -0.1) is 0 Å². The van der Waals surface area contributed by atoms with Gasteiger partial charge in [0.25, 0.3) is 0 Å². The molecule has 0 aliphatic heterocycles. The molecular formula is C44H90N2O7P+. The number of carbonyl (C=O) groups is 2. The molecule has 2 unspecified atom stereocenters. The average molecular weight is 790 g/mol. The van der Waals surface area contributed by atoms with Crippen LogP contribution in [-0.4, -0.2) is 74.8 Å². The SMILES string of the molecule is CCCCCCCCCCCCCCCCCC(=O)NC(COC(=O)CCCCCCCCCCCCCCCCC)COP(=O)(O)OCC[N+](C)(C)C. The summed E-state index contributed by atoms with van der Waals surface area (Å²) in [5.74, 6) is -0.492. The van der Waals surface area contributed by atoms with Crippen molar-refractivity contribution in [3.63, 3.8) is 0 Å². The number of quaternary nitrogens is 1. The van der Waals surface area contributed by atoms with Gasteiger partial charge in [0.15, 0.2) is 0 Å². The first-order valence-corrected chi connectivity index (χ1v) is 24.4. The Balaban J connectivity index is 4.30. The molecule has 322 valence electrons. The van der Waals surface area contributed by atoms with Crippen LogP contribution in [0.1, 0.15) is 219 Å². The van der Waals surface area contributed by atoms with Crippen LogP contribution in [0.5, 0.6) is 0 Å². The molecule has 0 saturated heterocycles. The molecule has 10 heteroatoms. The van der Waals surface area contributed by atoms with Crippen molar-refractivity contribution in [3.8, 4) is 0 Å². The third kappa shape index (κ3) is 40.7. The molecule has 2 atom stereocenters. The van der Waals surface area contributed by atoms with Crippen molar-refractivity contribution in [1.29, 1.82) is 0 Å². The molecule has 2 N–H and O–H groups in total. The zero-order valence-electron chi connectivity index (χ0n) is 36.3. The molecule has 0 spiro atoms. The van der Waals surface area contributed by atoms with Gasteiger partial charge in [-0.2, -0.15) is 0 Å². The topological polar surface area (TPSA) is 111 Å². The standard InChI is InChI=1S/C44H89N2O7P/c1-6-8-10-12-14-16-18-20-22-24-26-28-30-32-34-36-43(47)45-42(41-53-54(49,50)52-39-38-46(3,4)5)40-51-44(48)37-35-33-31-29-27-25-23-21-19-17-15-13-11-9-7-2/h42H,6-41H2,1-5H3,(H-,45,47,49,50)/p+1. The maximum absolute atomic E-state index is 12.8. The van der Waals surface area contributed by atoms with Crippen molar-refractivity contribution in [3.05, 3.63) is 0 Å². The van der Waals surface area contributed by atoms with Crippen molar-refractivity contribution in [1.82, 2.24) is 5.32 Å². The van der Waals surface area contributed by atoms with Crippen LogP contribution in [0.3, 0.4) is 0 Å². The van der Waals surface area contributed by atoms with E-state index in [0.717, 1.165) is 38.5 Å². The average Bonchev–Trinajstić information content (AvgIpc) is 3.12. The van der Waals surface area contributed by atoms with Crippen molar-refractivity contribution in [2.45, 2.75) is 225 Å². The van der Waals surface area contributed by atoms with Gasteiger partial charge >= 0.3 is 13.8 Å². The minimum Gasteiger partial charge on any atom is -0.463 e. The number of phosphoric ester groups is 1. The highest BCUT2D eigenvalue weighted by molar-refractivity contribution is 7.47. The van der Waals surface area contributed by atoms with Gasteiger partial charge in [-0.1, -0.05) is 194 Å². The fourth-order valence-corrected chi connectivity index (χ4v) is 7.40. The van der Waals surface area contributed by atoms with Crippen molar-refractivity contribution < 1.29 is 37.3 Å². The van der Waals surface area contributed by atoms with E-state index in [1.807, 2.05) is 21.1 Å². The van der Waals surface area contributed by atoms with E-state index in [4.69, 9.17) is 13.8 Å². The molecule has 0 saturated carbocycles. The zero-order chi connectivity index (χ0) is 40.0. The Morgan fingerprint density at radius 2 is 0.889 bits per heavy atom. The lowest BCUT2D eigenvalue weighted by molar-refractivity contribution is -0.870. The number of unbranched alkanes of at least 4 members (excludes halogenated alkanes) is 28. The minimum absolute atomic E-state index is 0.0573. The normalized spacial score (nSPS) is 13.5. The molecular weight excluding hydrogens is 699 g/mol. The molecule has 0 aromatic carbocycles. The Labute approximate surface area is 334 Å². The second-order valence-corrected chi connectivity index (χ2v) is 18.4. The summed E-state index contributed by atoms with van der Waals surface area (Å²) in [7, 11) is 1.56. The van der Waals surface area contributed by atoms with Crippen molar-refractivity contribution >= 4 is 19.7 Å². The highest BCUT2D eigenvalue weighted by Gasteiger charge is 2.26. The molecule has 0 aliphatic rings. The van der Waals surface area contributed by atoms with Gasteiger partial charge in [0.2, 0.25) is 5.91 Å². The minimum atomic E-state index is -4.33. The number of nitrogens with zero attached hydrogens (tertiary/aromatic N) is 1. The van der Waals surface area contributed by atoms with E-state index in [1.54, 1.807) is 0 Å². The lowest BCUT2D eigenvalue weighted by Crippen LogP contribution is -2.42. The van der Waals surface area contributed by atoms with Gasteiger partial charge in [-0.05, 0) is 12.8 Å². The van der Waals surface area contributed by atoms with Gasteiger partial charge in [0, 0.05) is 12.8 Å². The summed E-state index contributed by atoms with van der Waals surface area (Å²) in [5.41, 5.74) is 0. The molecule has 0 fully saturated rings. The maximum atomic E-state index is 12.8. The van der Waals surface area contributed by atoms with Crippen LogP contribution < -0.4 is 5.32 Å². The summed E-state index contributed by atoms with van der Waals surface area (Å²) in [5, 5.41) is 2.86. The Hall–Kier alpha value is -0.990. The third-order valence-electron chi connectivity index (χ3n) is 10.3. The molecule has 0 bridgehead atoms. The van der Waals surface area contributed by atoms with E-state index in [1.165, 1.54) is 154 Å². The van der Waals surface area contributed by atoms with Gasteiger partial charge in [-0.25, -0.2) is 4.57 Å². The van der Waals surface area contributed by atoms with Gasteiger partial charge in [0.05, 0.1) is 33.8 Å². The fraction of sp³-hybridized carbons (Fsp3) is 0.955. The number of amides is 1. The number of hydrogen-bond donors (Lipinski definition) is 2. The number of esters is 1. The van der Waals surface area contributed by atoms with Gasteiger partial charge in [0.1, 0.15) is 19.8 Å². The van der Waals surface area contributed by atoms with E-state index in [0.29, 0.717) is 23.9 Å². The highest BCUT2D eigenvalue weighted by Crippen LogP contribution is 2.43. The van der Waals surface area contributed by atoms with E-state index in [9.17, 15) is 19.0 Å². The van der Waals surface area contributed by atoms with Gasteiger partial charge < -0.3 is 19.4 Å². The highest BCUT2D eigenvalue weighted by atomic mass is 31.2. The largest absolute Gasteiger partial charge is 0.472 e. The first-order valence-electron chi connectivity index (χ1n) is 22.9. The summed E-state index contributed by atoms with van der Waals surface area (Å²) in [6, 6.07) is -0.735. The summed E-state index contributed by atoms with van der Waals surface area (Å²) >= 11 is 0. The number of carbonyl (C=O) groups excluding carboxylic acids is 2. The molecule has 0 aromatic heterocycles. The van der Waals surface area contributed by atoms with Crippen LogP contribution in [0.4, 0.5) is 0 Å². The maximum Gasteiger partial charge on any atom is 0.472 e. The Morgan fingerprint density at radius 3 is 1.26 bits per heavy atom. The second kappa shape index (κ2) is 37.6. The van der Waals surface area contributed by atoms with Crippen LogP contribution >= 0.6 is 7.82 Å². The molecule has 54 heavy (non-hydrogen) atoms. The monoisotopic (exact) mass is 790 g/mol. The zero-order valence-corrected chi connectivity index (χ0v) is 37.2. The molecule has 9 nitrogen and oxygen atoms in total. The lowest BCUT2D eigenvalue weighted by Gasteiger charge is -2.24. The number of rotatable bonds is 42. The number of likely N-dealkylation sites (N-methyl/N-ethyl adjacent to an activating group) is 1. The molecule has 0 radical (unpaired) electrons. The quantitative estimate of drug-likeness (QED) is 0.0274. The molecule has 0 aliphatic carbocycles. The van der Waals surface area contributed by atoms with E-state index >= 15 is 0 Å². The number of ether oxygens (including phenoxy) is 1. The van der Waals surface area contributed by atoms with Crippen LogP contribution in [0, 0.1) is 0 Å². The molecule has 0 rings (SSSR count). The fourth-order valence-electron chi connectivity index (χ4n) is 6.65. The first kappa shape index (κ1) is 53.0. The summed E-state index contributed by atoms with van der Waals surface area (Å²) in [6.45, 7) is 4.73. The summed E-state index contributed by atoms with van der Waals surface area (Å²) in [6.07, 6.45) is 38.6.